The molecule has 4 aliphatic heterocycles. The van der Waals surface area contributed by atoms with Gasteiger partial charge in [0.25, 0.3) is 0 Å². The first-order chi connectivity index (χ1) is 45.3. The molecule has 4 heterocycles. The molecule has 0 aliphatic carbocycles. The van der Waals surface area contributed by atoms with Gasteiger partial charge in [0.05, 0.1) is 73.2 Å². The summed E-state index contributed by atoms with van der Waals surface area (Å²) in [6.07, 6.45) is 46.1. The average molecular weight is 1320 g/mol. The molecule has 0 spiro atoms. The molecule has 0 amide bonds. The Morgan fingerprint density at radius 1 is 0.280 bits per heavy atom. The van der Waals surface area contributed by atoms with E-state index in [1.54, 1.807) is 0 Å². The van der Waals surface area contributed by atoms with E-state index in [1.165, 1.54) is 51.4 Å². The second-order valence-corrected chi connectivity index (χ2v) is 29.2. The van der Waals surface area contributed by atoms with Crippen LogP contribution in [-0.2, 0) is 57.1 Å². The molecule has 4 fully saturated rings. The van der Waals surface area contributed by atoms with E-state index in [0.717, 1.165) is 231 Å². The van der Waals surface area contributed by atoms with Crippen LogP contribution < -0.4 is 0 Å². The van der Waals surface area contributed by atoms with Crippen molar-refractivity contribution in [2.24, 2.45) is 5.41 Å². The van der Waals surface area contributed by atoms with Gasteiger partial charge < -0.3 is 58.3 Å². The highest BCUT2D eigenvalue weighted by atomic mass is 16.6. The van der Waals surface area contributed by atoms with Gasteiger partial charge in [0.2, 0.25) is 0 Å². The molecular weight excluding hydrogens is 1180 g/mol. The minimum Gasteiger partial charge on any atom is -0.465 e. The zero-order valence-corrected chi connectivity index (χ0v) is 59.7. The number of hydrogen-bond donors (Lipinski definition) is 4. The van der Waals surface area contributed by atoms with Crippen molar-refractivity contribution >= 4 is 23.9 Å². The molecule has 16 nitrogen and oxygen atoms in total. The predicted molar refractivity (Wildman–Crippen MR) is 368 cm³/mol. The Morgan fingerprint density at radius 2 is 0.462 bits per heavy atom. The summed E-state index contributed by atoms with van der Waals surface area (Å²) in [5.41, 5.74) is -1.33. The maximum absolute atomic E-state index is 13.5. The van der Waals surface area contributed by atoms with E-state index < -0.39 is 29.3 Å². The first kappa shape index (κ1) is 83.0. The molecule has 0 aromatic carbocycles. The Hall–Kier alpha value is -2.44. The number of unbranched alkanes of at least 4 members (excludes halogenated alkanes) is 28. The quantitative estimate of drug-likeness (QED) is 0.0252. The number of rotatable bonds is 60. The smallest absolute Gasteiger partial charge is 0.305 e. The zero-order valence-electron chi connectivity index (χ0n) is 59.7. The molecule has 93 heavy (non-hydrogen) atoms. The van der Waals surface area contributed by atoms with Crippen molar-refractivity contribution in [2.45, 2.75) is 435 Å². The number of aliphatic hydroxyl groups excluding tert-OH is 4. The lowest BCUT2D eigenvalue weighted by Gasteiger charge is -2.31. The second-order valence-electron chi connectivity index (χ2n) is 29.2. The van der Waals surface area contributed by atoms with Gasteiger partial charge in [-0.2, -0.15) is 0 Å². The molecule has 4 N–H and O–H groups in total. The summed E-state index contributed by atoms with van der Waals surface area (Å²) in [7, 11) is 0. The van der Waals surface area contributed by atoms with Crippen LogP contribution in [0, 0.1) is 5.41 Å². The standard InChI is InChI=1S/C77H140O16/c1-5-9-29-41-61-53-65(78)69(90-61)45-33-21-13-17-25-37-49-73(82)86-57-77(58-87-74(83)50-38-26-18-14-22-34-46-70-66(79)54-62(91-70)42-30-10-6-2,59-88-75(84)51-39-27-19-15-23-35-47-71-67(80)55-63(92-71)43-31-11-7-3)60-89-76(85)52-40-28-20-16-24-36-48-72-68(81)56-64(93-72)44-32-12-8-4/h61-72,78-81H,5-60H2,1-4H3. The van der Waals surface area contributed by atoms with E-state index in [-0.39, 0.29) is 125 Å². The monoisotopic (exact) mass is 1320 g/mol. The Balaban J connectivity index is 1.27. The molecule has 16 heteroatoms. The molecule has 0 aromatic heterocycles. The van der Waals surface area contributed by atoms with Gasteiger partial charge >= 0.3 is 23.9 Å². The summed E-state index contributed by atoms with van der Waals surface area (Å²) in [6.45, 7) is 7.74. The molecule has 12 unspecified atom stereocenters. The lowest BCUT2D eigenvalue weighted by Crippen LogP contribution is -2.44. The van der Waals surface area contributed by atoms with Crippen molar-refractivity contribution in [3.63, 3.8) is 0 Å². The van der Waals surface area contributed by atoms with E-state index in [0.29, 0.717) is 25.7 Å². The van der Waals surface area contributed by atoms with Crippen molar-refractivity contribution in [1.82, 2.24) is 0 Å². The predicted octanol–water partition coefficient (Wildman–Crippen LogP) is 17.0. The highest BCUT2D eigenvalue weighted by Gasteiger charge is 2.39. The van der Waals surface area contributed by atoms with Crippen LogP contribution in [0.1, 0.15) is 362 Å². The van der Waals surface area contributed by atoms with Crippen molar-refractivity contribution in [3.8, 4) is 0 Å². The van der Waals surface area contributed by atoms with Gasteiger partial charge in [0.15, 0.2) is 0 Å². The number of carbonyl (C=O) groups excluding carboxylic acids is 4. The molecule has 544 valence electrons. The lowest BCUT2D eigenvalue weighted by atomic mass is 9.92. The van der Waals surface area contributed by atoms with Gasteiger partial charge in [-0.3, -0.25) is 19.2 Å². The SMILES string of the molecule is CCCCCC1CC(O)C(CCCCCCCCC(=O)OCC(COC(=O)CCCCCCCCC2OC(CCCCC)CC2O)(COC(=O)CCCCCCCCC2OC(CCCCC)CC2O)COC(=O)CCCCCCCCC2OC(CCCCC)CC2O)O1. The minimum atomic E-state index is -1.33. The Bertz CT molecular complexity index is 1610. The topological polar surface area (TPSA) is 223 Å². The normalized spacial score (nSPS) is 25.2. The van der Waals surface area contributed by atoms with Crippen LogP contribution in [0.4, 0.5) is 0 Å². The number of ether oxygens (including phenoxy) is 8. The fraction of sp³-hybridized carbons (Fsp3) is 0.948. The molecule has 12 atom stereocenters. The molecule has 0 aromatic rings. The third-order valence-corrected chi connectivity index (χ3v) is 20.4. The average Bonchev–Trinajstić information content (AvgIpc) is 2.86. The molecule has 0 radical (unpaired) electrons. The zero-order chi connectivity index (χ0) is 67.0. The first-order valence-corrected chi connectivity index (χ1v) is 39.2. The number of esters is 4. The van der Waals surface area contributed by atoms with Gasteiger partial charge in [0, 0.05) is 51.4 Å². The third-order valence-electron chi connectivity index (χ3n) is 20.4. The van der Waals surface area contributed by atoms with Crippen molar-refractivity contribution in [2.75, 3.05) is 26.4 Å². The van der Waals surface area contributed by atoms with E-state index >= 15 is 0 Å². The van der Waals surface area contributed by atoms with Crippen LogP contribution in [0.25, 0.3) is 0 Å². The van der Waals surface area contributed by atoms with Gasteiger partial charge in [-0.15, -0.1) is 0 Å². The van der Waals surface area contributed by atoms with Crippen molar-refractivity contribution < 1.29 is 77.5 Å². The summed E-state index contributed by atoms with van der Waals surface area (Å²) in [4.78, 5) is 54.0. The van der Waals surface area contributed by atoms with Crippen LogP contribution in [0.5, 0.6) is 0 Å². The number of hydrogen-bond acceptors (Lipinski definition) is 16. The Morgan fingerprint density at radius 3 is 0.667 bits per heavy atom. The van der Waals surface area contributed by atoms with Gasteiger partial charge in [0.1, 0.15) is 31.8 Å². The molecule has 4 saturated heterocycles. The summed E-state index contributed by atoms with van der Waals surface area (Å²) in [5, 5.41) is 42.4. The number of aliphatic hydroxyl groups is 4. The Labute approximate surface area is 565 Å². The van der Waals surface area contributed by atoms with E-state index in [2.05, 4.69) is 27.7 Å². The maximum atomic E-state index is 13.5. The lowest BCUT2D eigenvalue weighted by molar-refractivity contribution is -0.170. The highest BCUT2D eigenvalue weighted by molar-refractivity contribution is 5.71. The van der Waals surface area contributed by atoms with Crippen LogP contribution >= 0.6 is 0 Å². The fourth-order valence-corrected chi connectivity index (χ4v) is 14.3. The number of carbonyl (C=O) groups is 4. The second kappa shape index (κ2) is 52.6. The Kier molecular flexibility index (Phi) is 46.9. The largest absolute Gasteiger partial charge is 0.465 e. The van der Waals surface area contributed by atoms with Crippen LogP contribution in [-0.4, -0.2) is 144 Å². The maximum Gasteiger partial charge on any atom is 0.305 e. The van der Waals surface area contributed by atoms with Crippen LogP contribution in [0.15, 0.2) is 0 Å². The fourth-order valence-electron chi connectivity index (χ4n) is 14.3. The minimum absolute atomic E-state index is 0.0774. The molecule has 4 aliphatic rings. The van der Waals surface area contributed by atoms with E-state index in [4.69, 9.17) is 37.9 Å². The van der Waals surface area contributed by atoms with E-state index in [9.17, 15) is 39.6 Å². The first-order valence-electron chi connectivity index (χ1n) is 39.2. The van der Waals surface area contributed by atoms with Crippen LogP contribution in [0.2, 0.25) is 0 Å². The van der Waals surface area contributed by atoms with Crippen molar-refractivity contribution in [1.29, 1.82) is 0 Å². The van der Waals surface area contributed by atoms with Crippen LogP contribution in [0.3, 0.4) is 0 Å². The molecule has 0 saturated carbocycles. The van der Waals surface area contributed by atoms with Crippen molar-refractivity contribution in [3.05, 3.63) is 0 Å². The van der Waals surface area contributed by atoms with Gasteiger partial charge in [-0.1, -0.05) is 233 Å². The molecule has 4 rings (SSSR count). The summed E-state index contributed by atoms with van der Waals surface area (Å²) < 4.78 is 48.6. The van der Waals surface area contributed by atoms with Gasteiger partial charge in [-0.25, -0.2) is 0 Å². The van der Waals surface area contributed by atoms with E-state index in [1.807, 2.05) is 0 Å². The summed E-state index contributed by atoms with van der Waals surface area (Å²) in [5.74, 6) is -1.67. The molecule has 0 bridgehead atoms. The highest BCUT2D eigenvalue weighted by Crippen LogP contribution is 2.33. The summed E-state index contributed by atoms with van der Waals surface area (Å²) in [6, 6.07) is 0. The molecular formula is C77H140O16. The third kappa shape index (κ3) is 38.5. The summed E-state index contributed by atoms with van der Waals surface area (Å²) >= 11 is 0. The van der Waals surface area contributed by atoms with Gasteiger partial charge in [-0.05, 0) is 77.0 Å².